The number of aromatic nitrogens is 5. The van der Waals surface area contributed by atoms with Gasteiger partial charge in [0, 0.05) is 43.0 Å². The number of methoxy groups -OCH3 is 2. The van der Waals surface area contributed by atoms with E-state index in [0.29, 0.717) is 53.5 Å². The zero-order valence-electron chi connectivity index (χ0n) is 18.1. The highest BCUT2D eigenvalue weighted by Crippen LogP contribution is 2.43. The predicted octanol–water partition coefficient (Wildman–Crippen LogP) is 4.31. The summed E-state index contributed by atoms with van der Waals surface area (Å²) >= 11 is 0. The number of rotatable bonds is 7. The van der Waals surface area contributed by atoms with Crippen molar-refractivity contribution in [1.82, 2.24) is 24.6 Å². The van der Waals surface area contributed by atoms with E-state index in [1.807, 2.05) is 12.1 Å². The first-order valence-electron chi connectivity index (χ1n) is 10.5. The van der Waals surface area contributed by atoms with Crippen molar-refractivity contribution in [3.05, 3.63) is 48.1 Å². The molecule has 3 aromatic heterocycles. The highest BCUT2D eigenvalue weighted by Gasteiger charge is 2.41. The van der Waals surface area contributed by atoms with Crippen molar-refractivity contribution in [2.75, 3.05) is 19.5 Å². The first-order chi connectivity index (χ1) is 16.0. The number of hydrogen-bond donors (Lipinski definition) is 1. The van der Waals surface area contributed by atoms with Crippen molar-refractivity contribution < 1.29 is 22.7 Å². The smallest absolute Gasteiger partial charge is 0.248 e. The Balaban J connectivity index is 1.51. The molecule has 1 saturated carbocycles. The van der Waals surface area contributed by atoms with Crippen molar-refractivity contribution in [3.63, 3.8) is 0 Å². The molecule has 5 rings (SSSR count). The molecular formula is C22H22F2N6O3. The van der Waals surface area contributed by atoms with Crippen LogP contribution in [-0.4, -0.2) is 44.7 Å². The van der Waals surface area contributed by atoms with Crippen molar-refractivity contribution >= 4 is 11.6 Å². The molecule has 0 unspecified atom stereocenters. The Hall–Kier alpha value is -3.76. The minimum Gasteiger partial charge on any atom is -0.497 e. The number of halogens is 2. The minimum atomic E-state index is -2.68. The molecule has 4 aromatic rings. The van der Waals surface area contributed by atoms with E-state index in [2.05, 4.69) is 25.4 Å². The van der Waals surface area contributed by atoms with Gasteiger partial charge in [-0.15, -0.1) is 5.10 Å². The molecule has 3 heterocycles. The molecule has 1 fully saturated rings. The van der Waals surface area contributed by atoms with Crippen LogP contribution < -0.4 is 14.8 Å². The summed E-state index contributed by atoms with van der Waals surface area (Å²) in [4.78, 5) is 13.3. The van der Waals surface area contributed by atoms with E-state index >= 15 is 0 Å². The lowest BCUT2D eigenvalue weighted by Crippen LogP contribution is -2.10. The maximum absolute atomic E-state index is 13.8. The van der Waals surface area contributed by atoms with Crippen LogP contribution in [0.25, 0.3) is 17.2 Å². The van der Waals surface area contributed by atoms with Crippen LogP contribution in [0.4, 0.5) is 14.7 Å². The number of hydrogen-bond acceptors (Lipinski definition) is 8. The largest absolute Gasteiger partial charge is 0.497 e. The summed E-state index contributed by atoms with van der Waals surface area (Å²) in [6.45, 7) is 0.362. The Bertz CT molecular complexity index is 1270. The Morgan fingerprint density at radius 3 is 2.79 bits per heavy atom. The molecule has 9 nitrogen and oxygen atoms in total. The van der Waals surface area contributed by atoms with E-state index in [0.717, 1.165) is 5.56 Å². The van der Waals surface area contributed by atoms with Gasteiger partial charge in [-0.2, -0.15) is 4.52 Å². The van der Waals surface area contributed by atoms with Gasteiger partial charge >= 0.3 is 0 Å². The van der Waals surface area contributed by atoms with E-state index in [-0.39, 0.29) is 12.8 Å². The maximum atomic E-state index is 13.8. The first-order valence-corrected chi connectivity index (χ1v) is 10.5. The van der Waals surface area contributed by atoms with Gasteiger partial charge in [0.15, 0.2) is 11.5 Å². The summed E-state index contributed by atoms with van der Waals surface area (Å²) in [5, 5.41) is 7.76. The fourth-order valence-corrected chi connectivity index (χ4v) is 4.00. The Labute approximate surface area is 187 Å². The lowest BCUT2D eigenvalue weighted by atomic mass is 10.1. The Morgan fingerprint density at radius 2 is 2.09 bits per heavy atom. The zero-order chi connectivity index (χ0) is 23.0. The monoisotopic (exact) mass is 456 g/mol. The fraction of sp³-hybridized carbons (Fsp3) is 0.364. The van der Waals surface area contributed by atoms with Crippen LogP contribution in [0.3, 0.4) is 0 Å². The van der Waals surface area contributed by atoms with Crippen LogP contribution in [0.5, 0.6) is 11.5 Å². The van der Waals surface area contributed by atoms with E-state index < -0.39 is 11.8 Å². The lowest BCUT2D eigenvalue weighted by molar-refractivity contribution is 0.00754. The van der Waals surface area contributed by atoms with Crippen LogP contribution in [0.15, 0.2) is 41.1 Å². The highest BCUT2D eigenvalue weighted by atomic mass is 19.3. The molecule has 1 aliphatic carbocycles. The fourth-order valence-electron chi connectivity index (χ4n) is 4.00. The van der Waals surface area contributed by atoms with E-state index in [4.69, 9.17) is 13.9 Å². The molecule has 0 aliphatic heterocycles. The summed E-state index contributed by atoms with van der Waals surface area (Å²) in [5.41, 5.74) is 1.78. The number of ether oxygens (including phenoxy) is 2. The Kier molecular flexibility index (Phi) is 5.31. The van der Waals surface area contributed by atoms with Crippen molar-refractivity contribution in [1.29, 1.82) is 0 Å². The van der Waals surface area contributed by atoms with Crippen molar-refractivity contribution in [2.45, 2.75) is 37.6 Å². The van der Waals surface area contributed by atoms with Gasteiger partial charge in [0.25, 0.3) is 0 Å². The third kappa shape index (κ3) is 4.18. The van der Waals surface area contributed by atoms with Crippen molar-refractivity contribution in [2.24, 2.45) is 0 Å². The number of benzene rings is 1. The van der Waals surface area contributed by atoms with E-state index in [1.165, 1.54) is 17.0 Å². The van der Waals surface area contributed by atoms with Gasteiger partial charge in [-0.1, -0.05) is 0 Å². The molecule has 1 N–H and O–H groups in total. The molecule has 0 radical (unpaired) electrons. The zero-order valence-corrected chi connectivity index (χ0v) is 18.1. The molecule has 0 amide bonds. The molecule has 1 aromatic carbocycles. The van der Waals surface area contributed by atoms with Gasteiger partial charge in [0.2, 0.25) is 17.8 Å². The second-order valence-corrected chi connectivity index (χ2v) is 7.87. The van der Waals surface area contributed by atoms with Gasteiger partial charge in [0.05, 0.1) is 20.4 Å². The second kappa shape index (κ2) is 8.30. The summed E-state index contributed by atoms with van der Waals surface area (Å²) in [7, 11) is 3.17. The van der Waals surface area contributed by atoms with Gasteiger partial charge in [-0.05, 0) is 18.6 Å². The van der Waals surface area contributed by atoms with Gasteiger partial charge in [0.1, 0.15) is 23.5 Å². The average molecular weight is 456 g/mol. The standard InChI is InChI=1S/C22H22F2N6O3/c1-31-15-4-3-14(17(9-15)32-2)12-26-21-27-16(20-25-7-8-33-20)10-18-28-19(29-30(18)21)13-5-6-22(23,24)11-13/h3-4,7-10,13H,5-6,11-12H2,1-2H3,(H,26,27)/t13-/m0/s1. The molecular weight excluding hydrogens is 434 g/mol. The van der Waals surface area contributed by atoms with Crippen LogP contribution >= 0.6 is 0 Å². The van der Waals surface area contributed by atoms with Gasteiger partial charge in [-0.3, -0.25) is 0 Å². The Morgan fingerprint density at radius 1 is 1.21 bits per heavy atom. The number of alkyl halides is 2. The average Bonchev–Trinajstić information content (AvgIpc) is 3.56. The van der Waals surface area contributed by atoms with Crippen LogP contribution in [0.2, 0.25) is 0 Å². The topological polar surface area (TPSA) is 99.6 Å². The van der Waals surface area contributed by atoms with Crippen LogP contribution in [0.1, 0.15) is 36.6 Å². The SMILES string of the molecule is COc1ccc(CNc2nc(-c3ncco3)cc3nc([C@H]4CCC(F)(F)C4)nn23)c(OC)c1. The summed E-state index contributed by atoms with van der Waals surface area (Å²) in [6.07, 6.45) is 2.90. The molecule has 0 saturated heterocycles. The first kappa shape index (κ1) is 21.1. The number of fused-ring (bicyclic) bond motifs is 1. The molecule has 172 valence electrons. The summed E-state index contributed by atoms with van der Waals surface area (Å²) in [6, 6.07) is 7.18. The highest BCUT2D eigenvalue weighted by molar-refractivity contribution is 5.59. The molecule has 0 bridgehead atoms. The molecule has 0 spiro atoms. The van der Waals surface area contributed by atoms with Crippen LogP contribution in [-0.2, 0) is 6.54 Å². The molecule has 1 atom stereocenters. The predicted molar refractivity (Wildman–Crippen MR) is 115 cm³/mol. The summed E-state index contributed by atoms with van der Waals surface area (Å²) < 4.78 is 45.2. The quantitative estimate of drug-likeness (QED) is 0.439. The number of oxazole rings is 1. The van der Waals surface area contributed by atoms with Gasteiger partial charge in [-0.25, -0.2) is 23.7 Å². The third-order valence-electron chi connectivity index (χ3n) is 5.69. The third-order valence-corrected chi connectivity index (χ3v) is 5.69. The number of nitrogens with one attached hydrogen (secondary N) is 1. The summed E-state index contributed by atoms with van der Waals surface area (Å²) in [5.74, 6) is -0.689. The number of nitrogens with zero attached hydrogens (tertiary/aromatic N) is 5. The van der Waals surface area contributed by atoms with E-state index in [1.54, 1.807) is 26.4 Å². The minimum absolute atomic E-state index is 0.157. The van der Waals surface area contributed by atoms with Gasteiger partial charge < -0.3 is 19.2 Å². The maximum Gasteiger partial charge on any atom is 0.248 e. The molecule has 11 heteroatoms. The molecule has 1 aliphatic rings. The van der Waals surface area contributed by atoms with Crippen LogP contribution in [0, 0.1) is 0 Å². The normalized spacial score (nSPS) is 17.4. The lowest BCUT2D eigenvalue weighted by Gasteiger charge is -2.12. The van der Waals surface area contributed by atoms with Crippen molar-refractivity contribution in [3.8, 4) is 23.1 Å². The second-order valence-electron chi connectivity index (χ2n) is 7.87. The number of anilines is 1. The molecule has 33 heavy (non-hydrogen) atoms. The van der Waals surface area contributed by atoms with E-state index in [9.17, 15) is 8.78 Å².